The molecule has 0 atom stereocenters. The molecule has 2 aromatic heterocycles. The maximum absolute atomic E-state index is 13.7. The van der Waals surface area contributed by atoms with Gasteiger partial charge >= 0.3 is 5.69 Å². The Hall–Kier alpha value is -3.81. The summed E-state index contributed by atoms with van der Waals surface area (Å²) in [7, 11) is 3.36. The third-order valence-electron chi connectivity index (χ3n) is 6.24. The van der Waals surface area contributed by atoms with Crippen LogP contribution in [0.25, 0.3) is 27.6 Å². The van der Waals surface area contributed by atoms with Crippen LogP contribution in [-0.4, -0.2) is 44.7 Å². The first-order valence-corrected chi connectivity index (χ1v) is 10.7. The van der Waals surface area contributed by atoms with Gasteiger partial charge in [0.15, 0.2) is 0 Å². The maximum atomic E-state index is 13.7. The zero-order chi connectivity index (χ0) is 22.4. The molecular weight excluding hydrogens is 408 g/mol. The number of fused-ring (bicyclic) bond motifs is 3. The lowest BCUT2D eigenvalue weighted by Gasteiger charge is -2.18. The second kappa shape index (κ2) is 7.71. The minimum absolute atomic E-state index is 0.121. The predicted octanol–water partition coefficient (Wildman–Crippen LogP) is 2.28. The third kappa shape index (κ3) is 3.02. The third-order valence-corrected chi connectivity index (χ3v) is 6.24. The number of amides is 1. The van der Waals surface area contributed by atoms with Gasteiger partial charge in [-0.05, 0) is 43.2 Å². The van der Waals surface area contributed by atoms with Crippen LogP contribution in [-0.2, 0) is 18.4 Å². The fourth-order valence-electron chi connectivity index (χ4n) is 4.61. The van der Waals surface area contributed by atoms with Gasteiger partial charge in [0, 0.05) is 25.5 Å². The molecule has 4 aromatic rings. The van der Waals surface area contributed by atoms with Crippen molar-refractivity contribution in [3.05, 3.63) is 69.4 Å². The number of carbonyl (C=O) groups excluding carboxylic acids is 1. The molecule has 1 saturated heterocycles. The van der Waals surface area contributed by atoms with Gasteiger partial charge in [0.1, 0.15) is 17.8 Å². The summed E-state index contributed by atoms with van der Waals surface area (Å²) < 4.78 is 9.75. The van der Waals surface area contributed by atoms with E-state index in [1.807, 2.05) is 18.2 Å². The van der Waals surface area contributed by atoms with Crippen LogP contribution in [0.3, 0.4) is 0 Å². The summed E-state index contributed by atoms with van der Waals surface area (Å²) in [5.74, 6) is 0.492. The van der Waals surface area contributed by atoms with E-state index in [-0.39, 0.29) is 12.5 Å². The number of hydrogen-bond acceptors (Lipinski definition) is 4. The van der Waals surface area contributed by atoms with Crippen molar-refractivity contribution in [2.45, 2.75) is 19.4 Å². The highest BCUT2D eigenvalue weighted by Gasteiger charge is 2.25. The Morgan fingerprint density at radius 3 is 2.41 bits per heavy atom. The standard InChI is InChI=1S/C24H24N4O4/c1-25-19-11-10-17(32-2)14-18(19)21-22(25)23(30)28(16-8-4-3-5-9-16)24(31)27(21)15-20(29)26-12-6-7-13-26/h3-5,8-11,14H,6-7,12-13,15H2,1-2H3. The van der Waals surface area contributed by atoms with E-state index in [2.05, 4.69) is 0 Å². The Labute approximate surface area is 183 Å². The highest BCUT2D eigenvalue weighted by atomic mass is 16.5. The van der Waals surface area contributed by atoms with Crippen LogP contribution in [0.5, 0.6) is 5.75 Å². The van der Waals surface area contributed by atoms with Crippen LogP contribution < -0.4 is 16.0 Å². The van der Waals surface area contributed by atoms with Crippen LogP contribution in [0, 0.1) is 0 Å². The van der Waals surface area contributed by atoms with Crippen molar-refractivity contribution in [3.8, 4) is 11.4 Å². The molecule has 0 aliphatic carbocycles. The summed E-state index contributed by atoms with van der Waals surface area (Å²) in [5.41, 5.74) is 1.12. The van der Waals surface area contributed by atoms with Gasteiger partial charge in [0.25, 0.3) is 5.56 Å². The van der Waals surface area contributed by atoms with Crippen molar-refractivity contribution >= 4 is 27.8 Å². The summed E-state index contributed by atoms with van der Waals surface area (Å²) in [4.78, 5) is 42.1. The first-order chi connectivity index (χ1) is 15.5. The van der Waals surface area contributed by atoms with Crippen molar-refractivity contribution in [3.63, 3.8) is 0 Å². The van der Waals surface area contributed by atoms with Crippen molar-refractivity contribution in [1.29, 1.82) is 0 Å². The Bertz CT molecular complexity index is 1460. The lowest BCUT2D eigenvalue weighted by Crippen LogP contribution is -2.42. The van der Waals surface area contributed by atoms with Crippen LogP contribution in [0.2, 0.25) is 0 Å². The number of para-hydroxylation sites is 1. The second-order valence-corrected chi connectivity index (χ2v) is 8.07. The van der Waals surface area contributed by atoms with Crippen molar-refractivity contribution in [1.82, 2.24) is 18.6 Å². The molecule has 1 aliphatic rings. The molecular formula is C24H24N4O4. The molecule has 0 saturated carbocycles. The van der Waals surface area contributed by atoms with E-state index in [9.17, 15) is 14.4 Å². The van der Waals surface area contributed by atoms with E-state index in [0.717, 1.165) is 22.9 Å². The van der Waals surface area contributed by atoms with E-state index in [0.29, 0.717) is 40.9 Å². The molecule has 8 heteroatoms. The maximum Gasteiger partial charge on any atom is 0.336 e. The number of nitrogens with zero attached hydrogens (tertiary/aromatic N) is 4. The van der Waals surface area contributed by atoms with Gasteiger partial charge in [0.2, 0.25) is 5.91 Å². The number of benzene rings is 2. The average molecular weight is 432 g/mol. The number of carbonyl (C=O) groups is 1. The Morgan fingerprint density at radius 1 is 1.00 bits per heavy atom. The second-order valence-electron chi connectivity index (χ2n) is 8.07. The normalized spacial score (nSPS) is 13.9. The monoisotopic (exact) mass is 432 g/mol. The molecule has 1 aliphatic heterocycles. The van der Waals surface area contributed by atoms with E-state index in [1.165, 1.54) is 4.57 Å². The molecule has 2 aromatic carbocycles. The topological polar surface area (TPSA) is 78.5 Å². The first-order valence-electron chi connectivity index (χ1n) is 10.7. The first kappa shape index (κ1) is 20.1. The van der Waals surface area contributed by atoms with Crippen molar-refractivity contribution in [2.24, 2.45) is 7.05 Å². The van der Waals surface area contributed by atoms with Gasteiger partial charge in [-0.3, -0.25) is 14.2 Å². The summed E-state index contributed by atoms with van der Waals surface area (Å²) in [5, 5.41) is 0.700. The summed E-state index contributed by atoms with van der Waals surface area (Å²) >= 11 is 0. The van der Waals surface area contributed by atoms with Crippen molar-refractivity contribution < 1.29 is 9.53 Å². The Morgan fingerprint density at radius 2 is 1.72 bits per heavy atom. The minimum atomic E-state index is -0.531. The summed E-state index contributed by atoms with van der Waals surface area (Å²) in [6.07, 6.45) is 1.93. The number of ether oxygens (including phenoxy) is 1. The molecule has 1 amide bonds. The highest BCUT2D eigenvalue weighted by Crippen LogP contribution is 2.29. The fourth-order valence-corrected chi connectivity index (χ4v) is 4.61. The van der Waals surface area contributed by atoms with Gasteiger partial charge in [-0.1, -0.05) is 18.2 Å². The smallest absolute Gasteiger partial charge is 0.336 e. The number of aromatic nitrogens is 3. The zero-order valence-electron chi connectivity index (χ0n) is 18.1. The lowest BCUT2D eigenvalue weighted by atomic mass is 10.2. The molecule has 0 spiro atoms. The Balaban J connectivity index is 1.87. The number of aryl methyl sites for hydroxylation is 1. The van der Waals surface area contributed by atoms with E-state index < -0.39 is 11.2 Å². The van der Waals surface area contributed by atoms with Crippen LogP contribution >= 0.6 is 0 Å². The summed E-state index contributed by atoms with van der Waals surface area (Å²) in [6.45, 7) is 1.26. The van der Waals surface area contributed by atoms with E-state index in [4.69, 9.17) is 4.74 Å². The van der Waals surface area contributed by atoms with Crippen LogP contribution in [0.1, 0.15) is 12.8 Å². The molecule has 3 heterocycles. The molecule has 0 radical (unpaired) electrons. The molecule has 1 fully saturated rings. The minimum Gasteiger partial charge on any atom is -0.497 e. The van der Waals surface area contributed by atoms with Crippen molar-refractivity contribution in [2.75, 3.05) is 20.2 Å². The van der Waals surface area contributed by atoms with Crippen LogP contribution in [0.15, 0.2) is 58.1 Å². The van der Waals surface area contributed by atoms with Gasteiger partial charge in [-0.15, -0.1) is 0 Å². The molecule has 5 rings (SSSR count). The molecule has 164 valence electrons. The highest BCUT2D eigenvalue weighted by molar-refractivity contribution is 6.06. The molecule has 0 unspecified atom stereocenters. The fraction of sp³-hybridized carbons (Fsp3) is 0.292. The largest absolute Gasteiger partial charge is 0.497 e. The van der Waals surface area contributed by atoms with Gasteiger partial charge in [0.05, 0.1) is 23.8 Å². The SMILES string of the molecule is COc1ccc2c(c1)c1c(c(=O)n(-c3ccccc3)c(=O)n1CC(=O)N1CCCC1)n2C. The Kier molecular flexibility index (Phi) is 4.84. The van der Waals surface area contributed by atoms with E-state index >= 15 is 0 Å². The molecule has 0 bridgehead atoms. The number of likely N-dealkylation sites (tertiary alicyclic amines) is 1. The van der Waals surface area contributed by atoms with E-state index in [1.54, 1.807) is 54.0 Å². The molecule has 0 N–H and O–H groups in total. The van der Waals surface area contributed by atoms with Gasteiger partial charge < -0.3 is 14.2 Å². The number of rotatable bonds is 4. The van der Waals surface area contributed by atoms with Gasteiger partial charge in [-0.2, -0.15) is 0 Å². The lowest BCUT2D eigenvalue weighted by molar-refractivity contribution is -0.130. The van der Waals surface area contributed by atoms with Crippen LogP contribution in [0.4, 0.5) is 0 Å². The summed E-state index contributed by atoms with van der Waals surface area (Å²) in [6, 6.07) is 14.3. The van der Waals surface area contributed by atoms with Gasteiger partial charge in [-0.25, -0.2) is 9.36 Å². The predicted molar refractivity (Wildman–Crippen MR) is 123 cm³/mol. The molecule has 32 heavy (non-hydrogen) atoms. The number of hydrogen-bond donors (Lipinski definition) is 0. The quantitative estimate of drug-likeness (QED) is 0.496. The number of methoxy groups -OCH3 is 1. The zero-order valence-corrected chi connectivity index (χ0v) is 18.1. The molecule has 8 nitrogen and oxygen atoms in total. The average Bonchev–Trinajstić information content (AvgIpc) is 3.44.